The Labute approximate surface area is 119 Å². The van der Waals surface area contributed by atoms with Gasteiger partial charge >= 0.3 is 0 Å². The van der Waals surface area contributed by atoms with Crippen LogP contribution in [0.5, 0.6) is 0 Å². The first-order valence-electron chi connectivity index (χ1n) is 6.08. The highest BCUT2D eigenvalue weighted by Crippen LogP contribution is 2.33. The lowest BCUT2D eigenvalue weighted by atomic mass is 10.3. The fourth-order valence-corrected chi connectivity index (χ4v) is 2.57. The first-order valence-corrected chi connectivity index (χ1v) is 8.68. The molecule has 21 heavy (non-hydrogen) atoms. The van der Waals surface area contributed by atoms with Gasteiger partial charge in [0, 0.05) is 12.3 Å². The van der Waals surface area contributed by atoms with Gasteiger partial charge in [-0.1, -0.05) is 0 Å². The summed E-state index contributed by atoms with van der Waals surface area (Å²) in [6.07, 6.45) is 2.96. The van der Waals surface area contributed by atoms with Gasteiger partial charge in [0.2, 0.25) is 0 Å². The van der Waals surface area contributed by atoms with Crippen molar-refractivity contribution in [1.82, 2.24) is 19.7 Å². The molecule has 0 aliphatic carbocycles. The molecule has 0 amide bonds. The largest absolute Gasteiger partial charge is 0.316 e. The van der Waals surface area contributed by atoms with Crippen LogP contribution in [0.4, 0.5) is 8.78 Å². The average Bonchev–Trinajstić information content (AvgIpc) is 2.80. The van der Waals surface area contributed by atoms with E-state index in [1.165, 1.54) is 23.1 Å². The molecule has 0 fully saturated rings. The molecule has 0 N–H and O–H groups in total. The smallest absolute Gasteiger partial charge is 0.190 e. The van der Waals surface area contributed by atoms with E-state index >= 15 is 0 Å². The minimum Gasteiger partial charge on any atom is -0.316 e. The van der Waals surface area contributed by atoms with Crippen LogP contribution in [-0.2, 0) is 4.57 Å². The van der Waals surface area contributed by atoms with Crippen LogP contribution < -0.4 is 5.57 Å². The lowest BCUT2D eigenvalue weighted by Crippen LogP contribution is -2.14. The Kier molecular flexibility index (Phi) is 3.10. The van der Waals surface area contributed by atoms with E-state index in [1.807, 2.05) is 0 Å². The zero-order valence-corrected chi connectivity index (χ0v) is 12.2. The van der Waals surface area contributed by atoms with Gasteiger partial charge in [-0.3, -0.25) is 0 Å². The molecule has 3 rings (SSSR count). The van der Waals surface area contributed by atoms with Gasteiger partial charge in [0.25, 0.3) is 0 Å². The van der Waals surface area contributed by atoms with E-state index < -0.39 is 18.8 Å². The minimum atomic E-state index is -2.65. The molecular formula is C13H11F2N4OP. The molecule has 108 valence electrons. The maximum atomic E-state index is 13.9. The standard InChI is InChI=1S/C13H11F2N4OP/c1-21(2,20)13-16-6-8-7-17-19(12(8)18-13)11-4-3-9(14)5-10(11)15/h3-7H,1-2H3. The van der Waals surface area contributed by atoms with Crippen molar-refractivity contribution in [1.29, 1.82) is 0 Å². The molecule has 0 spiro atoms. The monoisotopic (exact) mass is 308 g/mol. The Bertz CT molecular complexity index is 887. The van der Waals surface area contributed by atoms with Crippen LogP contribution in [0.25, 0.3) is 16.7 Å². The molecule has 0 bridgehead atoms. The quantitative estimate of drug-likeness (QED) is 0.682. The number of halogens is 2. The number of hydrogen-bond acceptors (Lipinski definition) is 4. The van der Waals surface area contributed by atoms with Crippen molar-refractivity contribution in [2.45, 2.75) is 0 Å². The highest BCUT2D eigenvalue weighted by atomic mass is 31.2. The Morgan fingerprint density at radius 1 is 1.19 bits per heavy atom. The fraction of sp³-hybridized carbons (Fsp3) is 0.154. The molecule has 8 heteroatoms. The maximum Gasteiger partial charge on any atom is 0.190 e. The third-order valence-corrected chi connectivity index (χ3v) is 4.09. The zero-order valence-electron chi connectivity index (χ0n) is 11.3. The first kappa shape index (κ1) is 13.8. The van der Waals surface area contributed by atoms with Gasteiger partial charge in [-0.15, -0.1) is 0 Å². The van der Waals surface area contributed by atoms with Gasteiger partial charge in [0.15, 0.2) is 17.0 Å². The summed E-state index contributed by atoms with van der Waals surface area (Å²) < 4.78 is 40.2. The summed E-state index contributed by atoms with van der Waals surface area (Å²) in [6.45, 7) is 3.10. The SMILES string of the molecule is CP(C)(=O)c1ncc2cnn(-c3ccc(F)cc3F)c2n1. The van der Waals surface area contributed by atoms with Crippen molar-refractivity contribution in [3.8, 4) is 5.69 Å². The van der Waals surface area contributed by atoms with Crippen LogP contribution in [0.15, 0.2) is 30.6 Å². The van der Waals surface area contributed by atoms with E-state index in [0.717, 1.165) is 12.1 Å². The molecule has 0 unspecified atom stereocenters. The average molecular weight is 308 g/mol. The van der Waals surface area contributed by atoms with Crippen molar-refractivity contribution in [3.63, 3.8) is 0 Å². The number of aromatic nitrogens is 4. The van der Waals surface area contributed by atoms with Crippen molar-refractivity contribution in [2.75, 3.05) is 13.3 Å². The van der Waals surface area contributed by atoms with Gasteiger partial charge in [0.05, 0.1) is 11.6 Å². The summed E-state index contributed by atoms with van der Waals surface area (Å²) in [6, 6.07) is 3.18. The van der Waals surface area contributed by atoms with Crippen molar-refractivity contribution < 1.29 is 13.3 Å². The zero-order chi connectivity index (χ0) is 15.2. The van der Waals surface area contributed by atoms with Gasteiger partial charge in [-0.25, -0.2) is 23.4 Å². The normalized spacial score (nSPS) is 12.0. The maximum absolute atomic E-state index is 13.9. The number of rotatable bonds is 2. The van der Waals surface area contributed by atoms with Crippen LogP contribution >= 0.6 is 7.14 Å². The van der Waals surface area contributed by atoms with E-state index in [1.54, 1.807) is 13.3 Å². The number of hydrogen-bond donors (Lipinski definition) is 0. The lowest BCUT2D eigenvalue weighted by molar-refractivity contribution is 0.574. The van der Waals surface area contributed by atoms with Crippen molar-refractivity contribution in [2.24, 2.45) is 0 Å². The Balaban J connectivity index is 2.26. The predicted octanol–water partition coefficient (Wildman–Crippen LogP) is 2.34. The first-order chi connectivity index (χ1) is 9.86. The predicted molar refractivity (Wildman–Crippen MR) is 75.7 cm³/mol. The topological polar surface area (TPSA) is 60.7 Å². The highest BCUT2D eigenvalue weighted by molar-refractivity contribution is 7.69. The van der Waals surface area contributed by atoms with Gasteiger partial charge < -0.3 is 4.57 Å². The fourth-order valence-electron chi connectivity index (χ4n) is 1.90. The summed E-state index contributed by atoms with van der Waals surface area (Å²) in [4.78, 5) is 8.25. The van der Waals surface area contributed by atoms with Crippen LogP contribution in [0, 0.1) is 11.6 Å². The van der Waals surface area contributed by atoms with E-state index in [4.69, 9.17) is 0 Å². The summed E-state index contributed by atoms with van der Waals surface area (Å²) in [5.74, 6) is -1.43. The van der Waals surface area contributed by atoms with Gasteiger partial charge in [-0.05, 0) is 25.5 Å². The molecule has 2 aromatic heterocycles. The van der Waals surface area contributed by atoms with E-state index in [-0.39, 0.29) is 11.3 Å². The van der Waals surface area contributed by atoms with Crippen molar-refractivity contribution >= 4 is 23.7 Å². The van der Waals surface area contributed by atoms with E-state index in [0.29, 0.717) is 11.0 Å². The van der Waals surface area contributed by atoms with E-state index in [2.05, 4.69) is 15.1 Å². The molecule has 1 aromatic carbocycles. The number of benzene rings is 1. The second-order valence-corrected chi connectivity index (χ2v) is 8.05. The van der Waals surface area contributed by atoms with Gasteiger partial charge in [-0.2, -0.15) is 5.10 Å². The van der Waals surface area contributed by atoms with Crippen LogP contribution in [0.3, 0.4) is 0 Å². The highest BCUT2D eigenvalue weighted by Gasteiger charge is 2.18. The van der Waals surface area contributed by atoms with E-state index in [9.17, 15) is 13.3 Å². The van der Waals surface area contributed by atoms with Gasteiger partial charge in [0.1, 0.15) is 18.6 Å². The Morgan fingerprint density at radius 2 is 1.95 bits per heavy atom. The lowest BCUT2D eigenvalue weighted by Gasteiger charge is -2.07. The van der Waals surface area contributed by atoms with Crippen LogP contribution in [-0.4, -0.2) is 33.1 Å². The third-order valence-electron chi connectivity index (χ3n) is 2.92. The molecule has 0 aliphatic rings. The summed E-state index contributed by atoms with van der Waals surface area (Å²) in [5, 5.41) is 4.62. The molecule has 2 heterocycles. The second kappa shape index (κ2) is 4.70. The Morgan fingerprint density at radius 3 is 2.62 bits per heavy atom. The number of nitrogens with zero attached hydrogens (tertiary/aromatic N) is 4. The number of fused-ring (bicyclic) bond motifs is 1. The molecule has 0 radical (unpaired) electrons. The molecular weight excluding hydrogens is 297 g/mol. The second-order valence-electron chi connectivity index (χ2n) is 4.95. The summed E-state index contributed by atoms with van der Waals surface area (Å²) in [5.41, 5.74) is 0.590. The molecule has 0 aliphatic heterocycles. The van der Waals surface area contributed by atoms with Crippen LogP contribution in [0.2, 0.25) is 0 Å². The van der Waals surface area contributed by atoms with Crippen molar-refractivity contribution in [3.05, 3.63) is 42.2 Å². The third kappa shape index (κ3) is 2.45. The van der Waals surface area contributed by atoms with Crippen LogP contribution in [0.1, 0.15) is 0 Å². The molecule has 0 saturated heterocycles. The molecule has 3 aromatic rings. The summed E-state index contributed by atoms with van der Waals surface area (Å²) in [7, 11) is -2.65. The minimum absolute atomic E-state index is 0.0677. The summed E-state index contributed by atoms with van der Waals surface area (Å²) >= 11 is 0. The molecule has 0 saturated carbocycles. The molecule has 0 atom stereocenters. The molecule has 5 nitrogen and oxygen atoms in total. The Hall–Kier alpha value is -2.14.